The summed E-state index contributed by atoms with van der Waals surface area (Å²) in [4.78, 5) is 25.7. The van der Waals surface area contributed by atoms with Gasteiger partial charge >= 0.3 is 6.03 Å². The molecule has 1 aliphatic heterocycles. The maximum absolute atomic E-state index is 12.1. The first-order valence-corrected chi connectivity index (χ1v) is 8.49. The Balaban J connectivity index is 0.00000288. The van der Waals surface area contributed by atoms with Gasteiger partial charge in [0.1, 0.15) is 0 Å². The van der Waals surface area contributed by atoms with E-state index in [1.807, 2.05) is 17.0 Å². The monoisotopic (exact) mass is 418 g/mol. The molecule has 0 spiro atoms. The second-order valence-electron chi connectivity index (χ2n) is 6.22. The smallest absolute Gasteiger partial charge is 0.319 e. The zero-order valence-electron chi connectivity index (χ0n) is 13.7. The minimum atomic E-state index is -0.312. The van der Waals surface area contributed by atoms with E-state index in [4.69, 9.17) is 5.73 Å². The average molecular weight is 420 g/mol. The van der Waals surface area contributed by atoms with Crippen LogP contribution in [0.25, 0.3) is 0 Å². The Morgan fingerprint density at radius 3 is 2.58 bits per heavy atom. The van der Waals surface area contributed by atoms with Gasteiger partial charge < -0.3 is 21.3 Å². The Bertz CT molecular complexity index is 570. The number of amides is 3. The van der Waals surface area contributed by atoms with E-state index in [1.54, 1.807) is 12.1 Å². The van der Waals surface area contributed by atoms with Crippen LogP contribution in [-0.2, 0) is 4.79 Å². The van der Waals surface area contributed by atoms with Gasteiger partial charge in [0.15, 0.2) is 0 Å². The molecule has 1 heterocycles. The molecule has 0 bridgehead atoms. The fourth-order valence-corrected chi connectivity index (χ4v) is 2.82. The lowest BCUT2D eigenvalue weighted by molar-refractivity contribution is -0.130. The SMILES string of the molecule is CC1(CN)CCN(C(=O)CCNC(=O)Nc2ccc(Br)cc2)C1.Cl. The Morgan fingerprint density at radius 1 is 1.33 bits per heavy atom. The second-order valence-corrected chi connectivity index (χ2v) is 7.13. The molecule has 4 N–H and O–H groups in total. The third-order valence-corrected chi connectivity index (χ3v) is 4.66. The zero-order valence-corrected chi connectivity index (χ0v) is 16.1. The molecule has 1 fully saturated rings. The third kappa shape index (κ3) is 5.96. The molecule has 6 nitrogen and oxygen atoms in total. The highest BCUT2D eigenvalue weighted by atomic mass is 79.9. The van der Waals surface area contributed by atoms with Crippen molar-refractivity contribution in [2.75, 3.05) is 31.5 Å². The minimum absolute atomic E-state index is 0. The zero-order chi connectivity index (χ0) is 16.9. The number of benzene rings is 1. The molecule has 0 aliphatic carbocycles. The van der Waals surface area contributed by atoms with Gasteiger partial charge in [-0.1, -0.05) is 22.9 Å². The van der Waals surface area contributed by atoms with Gasteiger partial charge in [-0.2, -0.15) is 0 Å². The highest BCUT2D eigenvalue weighted by molar-refractivity contribution is 9.10. The molecule has 1 aliphatic rings. The van der Waals surface area contributed by atoms with E-state index in [-0.39, 0.29) is 29.8 Å². The lowest BCUT2D eigenvalue weighted by atomic mass is 9.90. The third-order valence-electron chi connectivity index (χ3n) is 4.13. The predicted molar refractivity (Wildman–Crippen MR) is 101 cm³/mol. The fourth-order valence-electron chi connectivity index (χ4n) is 2.55. The number of urea groups is 1. The number of nitrogens with two attached hydrogens (primary N) is 1. The Hall–Kier alpha value is -1.31. The van der Waals surface area contributed by atoms with Crippen molar-refractivity contribution in [3.8, 4) is 0 Å². The van der Waals surface area contributed by atoms with Crippen molar-refractivity contribution in [2.24, 2.45) is 11.1 Å². The van der Waals surface area contributed by atoms with E-state index in [0.717, 1.165) is 17.4 Å². The number of halogens is 2. The summed E-state index contributed by atoms with van der Waals surface area (Å²) in [6, 6.07) is 6.98. The van der Waals surface area contributed by atoms with Crippen LogP contribution in [0.5, 0.6) is 0 Å². The van der Waals surface area contributed by atoms with Crippen LogP contribution in [0.3, 0.4) is 0 Å². The maximum atomic E-state index is 12.1. The van der Waals surface area contributed by atoms with E-state index in [1.165, 1.54) is 0 Å². The maximum Gasteiger partial charge on any atom is 0.319 e. The van der Waals surface area contributed by atoms with Crippen molar-refractivity contribution in [2.45, 2.75) is 19.8 Å². The van der Waals surface area contributed by atoms with Gasteiger partial charge in [-0.25, -0.2) is 4.79 Å². The number of rotatable bonds is 5. The minimum Gasteiger partial charge on any atom is -0.342 e. The van der Waals surface area contributed by atoms with Crippen LogP contribution in [0.15, 0.2) is 28.7 Å². The molecule has 0 aromatic heterocycles. The van der Waals surface area contributed by atoms with E-state index in [9.17, 15) is 9.59 Å². The molecular weight excluding hydrogens is 396 g/mol. The number of carbonyl (C=O) groups excluding carboxylic acids is 2. The normalized spacial score (nSPS) is 19.5. The van der Waals surface area contributed by atoms with E-state index in [0.29, 0.717) is 31.7 Å². The second kappa shape index (κ2) is 9.25. The van der Waals surface area contributed by atoms with Gasteiger partial charge in [0.2, 0.25) is 5.91 Å². The number of carbonyl (C=O) groups is 2. The Labute approximate surface area is 157 Å². The number of nitrogens with zero attached hydrogens (tertiary/aromatic N) is 1. The summed E-state index contributed by atoms with van der Waals surface area (Å²) in [7, 11) is 0. The Morgan fingerprint density at radius 2 is 2.00 bits per heavy atom. The number of hydrogen-bond acceptors (Lipinski definition) is 3. The molecule has 134 valence electrons. The molecule has 3 amide bonds. The summed E-state index contributed by atoms with van der Waals surface area (Å²) in [5, 5.41) is 5.42. The summed E-state index contributed by atoms with van der Waals surface area (Å²) in [6.45, 7) is 4.46. The molecule has 8 heteroatoms. The van der Waals surface area contributed by atoms with E-state index in [2.05, 4.69) is 33.5 Å². The van der Waals surface area contributed by atoms with Gasteiger partial charge in [0, 0.05) is 36.2 Å². The summed E-state index contributed by atoms with van der Waals surface area (Å²) >= 11 is 3.34. The van der Waals surface area contributed by atoms with Gasteiger partial charge in [-0.3, -0.25) is 4.79 Å². The number of nitrogens with one attached hydrogen (secondary N) is 2. The summed E-state index contributed by atoms with van der Waals surface area (Å²) in [5.74, 6) is 0.0612. The molecule has 24 heavy (non-hydrogen) atoms. The van der Waals surface area contributed by atoms with Crippen LogP contribution in [0.2, 0.25) is 0 Å². The highest BCUT2D eigenvalue weighted by Crippen LogP contribution is 2.28. The van der Waals surface area contributed by atoms with Gasteiger partial charge in [0.05, 0.1) is 0 Å². The topological polar surface area (TPSA) is 87.5 Å². The number of likely N-dealkylation sites (tertiary alicyclic amines) is 1. The summed E-state index contributed by atoms with van der Waals surface area (Å²) in [5.41, 5.74) is 6.48. The van der Waals surface area contributed by atoms with E-state index < -0.39 is 0 Å². The lowest BCUT2D eigenvalue weighted by Gasteiger charge is -2.22. The molecule has 1 saturated heterocycles. The Kier molecular flexibility index (Phi) is 7.99. The van der Waals surface area contributed by atoms with Crippen LogP contribution in [0.4, 0.5) is 10.5 Å². The number of hydrogen-bond donors (Lipinski definition) is 3. The quantitative estimate of drug-likeness (QED) is 0.685. The summed E-state index contributed by atoms with van der Waals surface area (Å²) in [6.07, 6.45) is 1.24. The fraction of sp³-hybridized carbons (Fsp3) is 0.500. The van der Waals surface area contributed by atoms with Crippen molar-refractivity contribution in [3.63, 3.8) is 0 Å². The standard InChI is InChI=1S/C16H23BrN4O2.ClH/c1-16(10-18)7-9-21(11-16)14(22)6-8-19-15(23)20-13-4-2-12(17)3-5-13;/h2-5H,6-11,18H2,1H3,(H2,19,20,23);1H. The molecule has 1 atom stereocenters. The highest BCUT2D eigenvalue weighted by Gasteiger charge is 2.34. The van der Waals surface area contributed by atoms with Crippen molar-refractivity contribution in [1.82, 2.24) is 10.2 Å². The van der Waals surface area contributed by atoms with Crippen LogP contribution in [-0.4, -0.2) is 43.0 Å². The number of anilines is 1. The van der Waals surface area contributed by atoms with Gasteiger partial charge in [-0.05, 0) is 42.6 Å². The van der Waals surface area contributed by atoms with Gasteiger partial charge in [0.25, 0.3) is 0 Å². The first kappa shape index (κ1) is 20.7. The first-order valence-electron chi connectivity index (χ1n) is 7.70. The molecule has 1 aromatic rings. The van der Waals surface area contributed by atoms with Crippen LogP contribution >= 0.6 is 28.3 Å². The average Bonchev–Trinajstić information content (AvgIpc) is 2.93. The van der Waals surface area contributed by atoms with Crippen molar-refractivity contribution >= 4 is 46.0 Å². The molecule has 1 aromatic carbocycles. The first-order chi connectivity index (χ1) is 10.9. The van der Waals surface area contributed by atoms with Crippen LogP contribution < -0.4 is 16.4 Å². The summed E-state index contributed by atoms with van der Waals surface area (Å²) < 4.78 is 0.948. The van der Waals surface area contributed by atoms with Crippen molar-refractivity contribution in [1.29, 1.82) is 0 Å². The van der Waals surface area contributed by atoms with Gasteiger partial charge in [-0.15, -0.1) is 12.4 Å². The molecule has 1 unspecified atom stereocenters. The largest absolute Gasteiger partial charge is 0.342 e. The van der Waals surface area contributed by atoms with Crippen LogP contribution in [0, 0.1) is 5.41 Å². The molecular formula is C16H24BrClN4O2. The van der Waals surface area contributed by atoms with Crippen molar-refractivity contribution in [3.05, 3.63) is 28.7 Å². The molecule has 2 rings (SSSR count). The molecule has 0 radical (unpaired) electrons. The van der Waals surface area contributed by atoms with E-state index >= 15 is 0 Å². The van der Waals surface area contributed by atoms with Crippen molar-refractivity contribution < 1.29 is 9.59 Å². The predicted octanol–water partition coefficient (Wildman–Crippen LogP) is 2.58. The lowest BCUT2D eigenvalue weighted by Crippen LogP contribution is -2.37. The van der Waals surface area contributed by atoms with Crippen LogP contribution in [0.1, 0.15) is 19.8 Å². The molecule has 0 saturated carbocycles.